The second-order valence-electron chi connectivity index (χ2n) is 5.54. The largest absolute Gasteiger partial charge is 0.480 e. The van der Waals surface area contributed by atoms with Crippen molar-refractivity contribution in [1.29, 1.82) is 0 Å². The number of hydrogen-bond acceptors (Lipinski definition) is 4. The Hall–Kier alpha value is -1.05. The Morgan fingerprint density at radius 2 is 2.18 bits per heavy atom. The van der Waals surface area contributed by atoms with Crippen molar-refractivity contribution in [3.63, 3.8) is 0 Å². The maximum absolute atomic E-state index is 12.2. The van der Waals surface area contributed by atoms with Crippen molar-refractivity contribution in [3.05, 3.63) is 21.7 Å². The molecule has 0 bridgehead atoms. The number of benzene rings is 1. The third-order valence-electron chi connectivity index (χ3n) is 4.16. The molecule has 0 saturated heterocycles. The van der Waals surface area contributed by atoms with Crippen molar-refractivity contribution < 1.29 is 14.3 Å². The number of carbonyl (C=O) groups is 1. The van der Waals surface area contributed by atoms with Crippen LogP contribution in [0.15, 0.2) is 10.5 Å². The van der Waals surface area contributed by atoms with Gasteiger partial charge in [-0.2, -0.15) is 0 Å². The SMILES string of the molecule is [B]N1CCc2cc3c(c(Br)c2CC1)OCC(=O)N3CCOC. The maximum atomic E-state index is 12.2. The lowest BCUT2D eigenvalue weighted by Crippen LogP contribution is -2.41. The number of carbonyl (C=O) groups excluding carboxylic acids is 1. The Balaban J connectivity index is 2.02. The number of fused-ring (bicyclic) bond motifs is 2. The highest BCUT2D eigenvalue weighted by molar-refractivity contribution is 9.10. The number of nitrogens with zero attached hydrogens (tertiary/aromatic N) is 2. The molecule has 0 aliphatic carbocycles. The quantitative estimate of drug-likeness (QED) is 0.758. The van der Waals surface area contributed by atoms with E-state index < -0.39 is 0 Å². The van der Waals surface area contributed by atoms with Crippen LogP contribution in [-0.4, -0.2) is 58.7 Å². The van der Waals surface area contributed by atoms with E-state index in [1.54, 1.807) is 12.0 Å². The van der Waals surface area contributed by atoms with E-state index in [9.17, 15) is 4.79 Å². The average Bonchev–Trinajstić information content (AvgIpc) is 2.69. The highest BCUT2D eigenvalue weighted by Gasteiger charge is 2.30. The summed E-state index contributed by atoms with van der Waals surface area (Å²) < 4.78 is 11.8. The zero-order valence-corrected chi connectivity index (χ0v) is 14.2. The predicted octanol–water partition coefficient (Wildman–Crippen LogP) is 1.31. The van der Waals surface area contributed by atoms with Gasteiger partial charge in [0, 0.05) is 13.7 Å². The standard InChI is InChI=1S/C15H18BBrN2O3/c1-21-7-6-19-12-8-10-2-4-18(16)5-3-11(10)14(17)15(12)22-9-13(19)20/h8H,2-7,9H2,1H3. The second-order valence-corrected chi connectivity index (χ2v) is 6.33. The summed E-state index contributed by atoms with van der Waals surface area (Å²) in [5, 5.41) is 0. The summed E-state index contributed by atoms with van der Waals surface area (Å²) in [4.78, 5) is 15.7. The van der Waals surface area contributed by atoms with Gasteiger partial charge in [0.25, 0.3) is 5.91 Å². The van der Waals surface area contributed by atoms with E-state index >= 15 is 0 Å². The molecule has 5 nitrogen and oxygen atoms in total. The summed E-state index contributed by atoms with van der Waals surface area (Å²) in [7, 11) is 7.57. The van der Waals surface area contributed by atoms with E-state index in [1.165, 1.54) is 11.1 Å². The molecule has 116 valence electrons. The molecular weight excluding hydrogens is 347 g/mol. The highest BCUT2D eigenvalue weighted by Crippen LogP contribution is 2.43. The maximum Gasteiger partial charge on any atom is 0.265 e. The minimum absolute atomic E-state index is 0.0366. The average molecular weight is 365 g/mol. The summed E-state index contributed by atoms with van der Waals surface area (Å²) in [6.07, 6.45) is 1.74. The van der Waals surface area contributed by atoms with Crippen LogP contribution in [0.1, 0.15) is 11.1 Å². The Morgan fingerprint density at radius 1 is 1.41 bits per heavy atom. The minimum atomic E-state index is -0.0366. The molecule has 1 amide bonds. The van der Waals surface area contributed by atoms with Gasteiger partial charge < -0.3 is 19.2 Å². The van der Waals surface area contributed by atoms with Gasteiger partial charge in [0.15, 0.2) is 20.3 Å². The fraction of sp³-hybridized carbons (Fsp3) is 0.533. The van der Waals surface area contributed by atoms with E-state index in [1.807, 2.05) is 4.81 Å². The summed E-state index contributed by atoms with van der Waals surface area (Å²) in [5.74, 6) is 0.713. The van der Waals surface area contributed by atoms with Crippen molar-refractivity contribution in [2.75, 3.05) is 44.9 Å². The first-order valence-corrected chi connectivity index (χ1v) is 8.17. The summed E-state index contributed by atoms with van der Waals surface area (Å²) in [5.41, 5.74) is 3.27. The van der Waals surface area contributed by atoms with E-state index in [2.05, 4.69) is 22.0 Å². The summed E-state index contributed by atoms with van der Waals surface area (Å²) in [6, 6.07) is 2.07. The van der Waals surface area contributed by atoms with Crippen molar-refractivity contribution >= 4 is 35.5 Å². The molecule has 3 rings (SSSR count). The van der Waals surface area contributed by atoms with Crippen LogP contribution in [0.4, 0.5) is 5.69 Å². The van der Waals surface area contributed by atoms with Gasteiger partial charge in [-0.05, 0) is 59.1 Å². The fourth-order valence-corrected chi connectivity index (χ4v) is 3.71. The number of hydrogen-bond donors (Lipinski definition) is 0. The molecule has 2 aliphatic heterocycles. The highest BCUT2D eigenvalue weighted by atomic mass is 79.9. The van der Waals surface area contributed by atoms with Gasteiger partial charge in [0.05, 0.1) is 16.8 Å². The van der Waals surface area contributed by atoms with E-state index in [0.29, 0.717) is 13.2 Å². The number of anilines is 1. The van der Waals surface area contributed by atoms with Crippen LogP contribution in [0.3, 0.4) is 0 Å². The van der Waals surface area contributed by atoms with Gasteiger partial charge in [0.1, 0.15) is 0 Å². The van der Waals surface area contributed by atoms with Crippen LogP contribution >= 0.6 is 15.9 Å². The van der Waals surface area contributed by atoms with Crippen LogP contribution in [0.5, 0.6) is 5.75 Å². The fourth-order valence-electron chi connectivity index (χ4n) is 2.94. The normalized spacial score (nSPS) is 18.5. The Bertz CT molecular complexity index is 597. The van der Waals surface area contributed by atoms with Crippen LogP contribution in [0.2, 0.25) is 0 Å². The number of amides is 1. The number of methoxy groups -OCH3 is 1. The third kappa shape index (κ3) is 2.89. The van der Waals surface area contributed by atoms with Crippen molar-refractivity contribution in [3.8, 4) is 5.75 Å². The molecule has 1 aromatic carbocycles. The molecule has 22 heavy (non-hydrogen) atoms. The van der Waals surface area contributed by atoms with Gasteiger partial charge >= 0.3 is 0 Å². The van der Waals surface area contributed by atoms with Gasteiger partial charge in [0.2, 0.25) is 0 Å². The zero-order valence-electron chi connectivity index (χ0n) is 12.6. The summed E-state index contributed by atoms with van der Waals surface area (Å²) >= 11 is 3.67. The Morgan fingerprint density at radius 3 is 2.95 bits per heavy atom. The lowest BCUT2D eigenvalue weighted by Gasteiger charge is -2.31. The predicted molar refractivity (Wildman–Crippen MR) is 88.6 cm³/mol. The molecule has 2 radical (unpaired) electrons. The lowest BCUT2D eigenvalue weighted by molar-refractivity contribution is -0.121. The first-order chi connectivity index (χ1) is 10.6. The Kier molecular flexibility index (Phi) is 4.75. The molecule has 0 fully saturated rings. The van der Waals surface area contributed by atoms with Crippen LogP contribution in [0, 0.1) is 0 Å². The molecule has 0 saturated carbocycles. The lowest BCUT2D eigenvalue weighted by atomic mass is 10.0. The second kappa shape index (κ2) is 6.60. The molecule has 2 aliphatic rings. The first kappa shape index (κ1) is 15.8. The van der Waals surface area contributed by atoms with Crippen LogP contribution in [-0.2, 0) is 22.4 Å². The zero-order chi connectivity index (χ0) is 15.7. The molecule has 0 N–H and O–H groups in total. The number of ether oxygens (including phenoxy) is 2. The van der Waals surface area contributed by atoms with Crippen molar-refractivity contribution in [2.45, 2.75) is 12.8 Å². The van der Waals surface area contributed by atoms with Crippen molar-refractivity contribution in [1.82, 2.24) is 4.81 Å². The minimum Gasteiger partial charge on any atom is -0.480 e. The monoisotopic (exact) mass is 364 g/mol. The van der Waals surface area contributed by atoms with Gasteiger partial charge in [-0.3, -0.25) is 4.79 Å². The van der Waals surface area contributed by atoms with Gasteiger partial charge in [-0.1, -0.05) is 0 Å². The van der Waals surface area contributed by atoms with Gasteiger partial charge in [-0.15, -0.1) is 0 Å². The molecule has 1 aromatic rings. The van der Waals surface area contributed by atoms with Crippen LogP contribution < -0.4 is 9.64 Å². The molecule has 0 aromatic heterocycles. The third-order valence-corrected chi connectivity index (χ3v) is 5.00. The molecule has 7 heteroatoms. The Labute approximate surface area is 140 Å². The topological polar surface area (TPSA) is 42.0 Å². The van der Waals surface area contributed by atoms with E-state index in [-0.39, 0.29) is 12.5 Å². The van der Waals surface area contributed by atoms with Gasteiger partial charge in [-0.25, -0.2) is 0 Å². The first-order valence-electron chi connectivity index (χ1n) is 7.37. The number of halogens is 1. The van der Waals surface area contributed by atoms with Crippen LogP contribution in [0.25, 0.3) is 0 Å². The smallest absolute Gasteiger partial charge is 0.265 e. The molecule has 0 atom stereocenters. The summed E-state index contributed by atoms with van der Waals surface area (Å²) in [6.45, 7) is 2.72. The molecular formula is C15H18BBrN2O3. The molecule has 0 spiro atoms. The molecule has 2 heterocycles. The number of rotatable bonds is 3. The van der Waals surface area contributed by atoms with Crippen molar-refractivity contribution in [2.24, 2.45) is 0 Å². The van der Waals surface area contributed by atoms with E-state index in [4.69, 9.17) is 17.5 Å². The van der Waals surface area contributed by atoms with E-state index in [0.717, 1.165) is 41.8 Å². The molecule has 0 unspecified atom stereocenters.